The van der Waals surface area contributed by atoms with Crippen molar-refractivity contribution >= 4 is 29.0 Å². The Labute approximate surface area is 129 Å². The first kappa shape index (κ1) is 15.4. The zero-order valence-electron chi connectivity index (χ0n) is 12.3. The van der Waals surface area contributed by atoms with E-state index in [-0.39, 0.29) is 5.91 Å². The number of nitrogens with one attached hydrogen (secondary N) is 1. The van der Waals surface area contributed by atoms with Crippen LogP contribution in [0.25, 0.3) is 0 Å². The van der Waals surface area contributed by atoms with Crippen molar-refractivity contribution in [2.45, 2.75) is 19.6 Å². The van der Waals surface area contributed by atoms with E-state index in [1.807, 2.05) is 49.4 Å². The molecule has 0 spiro atoms. The van der Waals surface area contributed by atoms with Gasteiger partial charge in [0.05, 0.1) is 5.75 Å². The Morgan fingerprint density at radius 3 is 2.48 bits per heavy atom. The standard InChI is InChI=1S/C17H20N2OS/c1-12-3-8-16(9-13(12)2)19-17(20)11-21-10-14-4-6-15(18)7-5-14/h3-9H,10-11,18H2,1-2H3,(H,19,20). The van der Waals surface area contributed by atoms with Crippen molar-refractivity contribution in [1.29, 1.82) is 0 Å². The second-order valence-electron chi connectivity index (χ2n) is 5.08. The van der Waals surface area contributed by atoms with Crippen LogP contribution in [0.4, 0.5) is 11.4 Å². The summed E-state index contributed by atoms with van der Waals surface area (Å²) in [5, 5.41) is 2.93. The normalized spacial score (nSPS) is 10.4. The van der Waals surface area contributed by atoms with Gasteiger partial charge in [-0.25, -0.2) is 0 Å². The minimum absolute atomic E-state index is 0.0266. The van der Waals surface area contributed by atoms with Gasteiger partial charge in [0.1, 0.15) is 0 Å². The van der Waals surface area contributed by atoms with Crippen molar-refractivity contribution in [3.63, 3.8) is 0 Å². The summed E-state index contributed by atoms with van der Waals surface area (Å²) >= 11 is 1.59. The monoisotopic (exact) mass is 300 g/mol. The third-order valence-corrected chi connectivity index (χ3v) is 4.28. The van der Waals surface area contributed by atoms with Gasteiger partial charge in [0, 0.05) is 17.1 Å². The van der Waals surface area contributed by atoms with Crippen molar-refractivity contribution in [3.8, 4) is 0 Å². The molecule has 0 radical (unpaired) electrons. The fraction of sp³-hybridized carbons (Fsp3) is 0.235. The number of carbonyl (C=O) groups excluding carboxylic acids is 1. The van der Waals surface area contributed by atoms with Crippen LogP contribution in [0.15, 0.2) is 42.5 Å². The SMILES string of the molecule is Cc1ccc(NC(=O)CSCc2ccc(N)cc2)cc1C. The summed E-state index contributed by atoms with van der Waals surface area (Å²) in [6, 6.07) is 13.7. The lowest BCUT2D eigenvalue weighted by Crippen LogP contribution is -2.14. The van der Waals surface area contributed by atoms with Crippen molar-refractivity contribution in [2.75, 3.05) is 16.8 Å². The highest BCUT2D eigenvalue weighted by Gasteiger charge is 2.04. The molecule has 1 amide bonds. The lowest BCUT2D eigenvalue weighted by atomic mass is 10.1. The lowest BCUT2D eigenvalue weighted by molar-refractivity contribution is -0.113. The zero-order valence-corrected chi connectivity index (χ0v) is 13.2. The summed E-state index contributed by atoms with van der Waals surface area (Å²) in [4.78, 5) is 11.9. The number of benzene rings is 2. The molecule has 4 heteroatoms. The fourth-order valence-corrected chi connectivity index (χ4v) is 2.68. The molecule has 110 valence electrons. The smallest absolute Gasteiger partial charge is 0.234 e. The largest absolute Gasteiger partial charge is 0.399 e. The van der Waals surface area contributed by atoms with Crippen LogP contribution in [0, 0.1) is 13.8 Å². The maximum Gasteiger partial charge on any atom is 0.234 e. The zero-order chi connectivity index (χ0) is 15.2. The van der Waals surface area contributed by atoms with E-state index in [0.717, 1.165) is 17.1 Å². The average molecular weight is 300 g/mol. The predicted molar refractivity (Wildman–Crippen MR) is 91.6 cm³/mol. The molecule has 0 aliphatic carbocycles. The van der Waals surface area contributed by atoms with E-state index in [4.69, 9.17) is 5.73 Å². The number of hydrogen-bond donors (Lipinski definition) is 2. The van der Waals surface area contributed by atoms with Crippen LogP contribution in [0.2, 0.25) is 0 Å². The van der Waals surface area contributed by atoms with Gasteiger partial charge in [-0.15, -0.1) is 11.8 Å². The second-order valence-corrected chi connectivity index (χ2v) is 6.07. The molecule has 3 nitrogen and oxygen atoms in total. The molecule has 0 heterocycles. The third kappa shape index (κ3) is 4.83. The van der Waals surface area contributed by atoms with Crippen LogP contribution in [-0.4, -0.2) is 11.7 Å². The molecule has 21 heavy (non-hydrogen) atoms. The van der Waals surface area contributed by atoms with Crippen LogP contribution in [0.3, 0.4) is 0 Å². The number of thioether (sulfide) groups is 1. The Morgan fingerprint density at radius 1 is 1.10 bits per heavy atom. The maximum absolute atomic E-state index is 11.9. The Bertz CT molecular complexity index is 623. The first-order chi connectivity index (χ1) is 10.0. The number of carbonyl (C=O) groups is 1. The van der Waals surface area contributed by atoms with E-state index in [9.17, 15) is 4.79 Å². The van der Waals surface area contributed by atoms with Gasteiger partial charge in [0.2, 0.25) is 5.91 Å². The van der Waals surface area contributed by atoms with Gasteiger partial charge in [-0.05, 0) is 54.8 Å². The quantitative estimate of drug-likeness (QED) is 0.827. The molecule has 0 fully saturated rings. The van der Waals surface area contributed by atoms with Crippen molar-refractivity contribution in [2.24, 2.45) is 0 Å². The number of hydrogen-bond acceptors (Lipinski definition) is 3. The molecule has 0 unspecified atom stereocenters. The predicted octanol–water partition coefficient (Wildman–Crippen LogP) is 3.76. The van der Waals surface area contributed by atoms with Gasteiger partial charge in [-0.2, -0.15) is 0 Å². The van der Waals surface area contributed by atoms with E-state index in [2.05, 4.69) is 12.2 Å². The van der Waals surface area contributed by atoms with Gasteiger partial charge in [-0.1, -0.05) is 18.2 Å². The van der Waals surface area contributed by atoms with Gasteiger partial charge in [0.15, 0.2) is 0 Å². The van der Waals surface area contributed by atoms with E-state index in [1.54, 1.807) is 11.8 Å². The Balaban J connectivity index is 1.79. The Kier molecular flexibility index (Phi) is 5.28. The number of amides is 1. The van der Waals surface area contributed by atoms with Crippen molar-refractivity contribution < 1.29 is 4.79 Å². The second kappa shape index (κ2) is 7.18. The summed E-state index contributed by atoms with van der Waals surface area (Å²) in [5.74, 6) is 1.27. The Hall–Kier alpha value is -1.94. The summed E-state index contributed by atoms with van der Waals surface area (Å²) in [7, 11) is 0. The molecule has 0 aliphatic rings. The Morgan fingerprint density at radius 2 is 1.81 bits per heavy atom. The maximum atomic E-state index is 11.9. The van der Waals surface area contributed by atoms with Crippen LogP contribution < -0.4 is 11.1 Å². The van der Waals surface area contributed by atoms with Crippen LogP contribution in [0.1, 0.15) is 16.7 Å². The minimum Gasteiger partial charge on any atom is -0.399 e. The molecule has 0 aliphatic heterocycles. The molecule has 0 atom stereocenters. The highest BCUT2D eigenvalue weighted by Crippen LogP contribution is 2.16. The van der Waals surface area contributed by atoms with Crippen LogP contribution in [0.5, 0.6) is 0 Å². The summed E-state index contributed by atoms with van der Waals surface area (Å²) in [6.45, 7) is 4.10. The van der Waals surface area contributed by atoms with Gasteiger partial charge < -0.3 is 11.1 Å². The average Bonchev–Trinajstić information content (AvgIpc) is 2.45. The number of nitrogens with two attached hydrogens (primary N) is 1. The van der Waals surface area contributed by atoms with Crippen LogP contribution >= 0.6 is 11.8 Å². The molecule has 0 aromatic heterocycles. The highest BCUT2D eigenvalue weighted by molar-refractivity contribution is 7.99. The minimum atomic E-state index is 0.0266. The molecule has 0 saturated carbocycles. The first-order valence-electron chi connectivity index (χ1n) is 6.84. The van der Waals surface area contributed by atoms with Crippen LogP contribution in [-0.2, 0) is 10.5 Å². The highest BCUT2D eigenvalue weighted by atomic mass is 32.2. The lowest BCUT2D eigenvalue weighted by Gasteiger charge is -2.07. The number of nitrogen functional groups attached to an aromatic ring is 1. The number of aryl methyl sites for hydroxylation is 2. The summed E-state index contributed by atoms with van der Waals surface area (Å²) in [5.41, 5.74) is 10.8. The van der Waals surface area contributed by atoms with Crippen molar-refractivity contribution in [1.82, 2.24) is 0 Å². The van der Waals surface area contributed by atoms with E-state index in [0.29, 0.717) is 5.75 Å². The topological polar surface area (TPSA) is 55.1 Å². The molecular weight excluding hydrogens is 280 g/mol. The first-order valence-corrected chi connectivity index (χ1v) is 7.99. The summed E-state index contributed by atoms with van der Waals surface area (Å²) in [6.07, 6.45) is 0. The van der Waals surface area contributed by atoms with E-state index in [1.165, 1.54) is 16.7 Å². The number of rotatable bonds is 5. The van der Waals surface area contributed by atoms with Gasteiger partial charge in [-0.3, -0.25) is 4.79 Å². The molecule has 2 aromatic rings. The van der Waals surface area contributed by atoms with Gasteiger partial charge >= 0.3 is 0 Å². The van der Waals surface area contributed by atoms with Crippen molar-refractivity contribution in [3.05, 3.63) is 59.2 Å². The molecular formula is C17H20N2OS. The molecule has 2 aromatic carbocycles. The molecule has 2 rings (SSSR count). The third-order valence-electron chi connectivity index (χ3n) is 3.27. The van der Waals surface area contributed by atoms with Gasteiger partial charge in [0.25, 0.3) is 0 Å². The molecule has 0 bridgehead atoms. The van der Waals surface area contributed by atoms with E-state index < -0.39 is 0 Å². The fourth-order valence-electron chi connectivity index (χ4n) is 1.89. The summed E-state index contributed by atoms with van der Waals surface area (Å²) < 4.78 is 0. The molecule has 0 saturated heterocycles. The van der Waals surface area contributed by atoms with E-state index >= 15 is 0 Å². The number of anilines is 2. The molecule has 3 N–H and O–H groups in total.